The minimum atomic E-state index is -4.32. The van der Waals surface area contributed by atoms with E-state index in [4.69, 9.17) is 4.74 Å². The molecule has 1 fully saturated rings. The smallest absolute Gasteiger partial charge is 0.345 e. The highest BCUT2D eigenvalue weighted by molar-refractivity contribution is 7.91. The molecule has 0 bridgehead atoms. The summed E-state index contributed by atoms with van der Waals surface area (Å²) in [5, 5.41) is 20.4. The minimum Gasteiger partial charge on any atom is -0.845 e. The molecule has 3 aliphatic rings. The summed E-state index contributed by atoms with van der Waals surface area (Å²) in [6.07, 6.45) is 6.95. The zero-order valence-corrected chi connectivity index (χ0v) is 20.9. The van der Waals surface area contributed by atoms with Crippen molar-refractivity contribution < 1.29 is 18.3 Å². The number of aryl methyl sites for hydroxylation is 4. The standard InChI is InChI=1S/C24H33N5O4S/c1-15-23(16(2)28(3)26-15)29(19-10-12-33-13-11-19)34(31,32)27-24(30)25-22-20-8-4-6-17(20)14-18-7-5-9-21(18)22/h14,19H,4-13H2,1-3H3,(H2,25,27,30)/p-1. The van der Waals surface area contributed by atoms with Crippen molar-refractivity contribution in [2.45, 2.75) is 71.3 Å². The lowest BCUT2D eigenvalue weighted by atomic mass is 9.99. The van der Waals surface area contributed by atoms with Crippen molar-refractivity contribution in [1.29, 1.82) is 0 Å². The zero-order chi connectivity index (χ0) is 24.0. The summed E-state index contributed by atoms with van der Waals surface area (Å²) >= 11 is 0. The number of anilines is 2. The summed E-state index contributed by atoms with van der Waals surface area (Å²) in [6, 6.07) is 1.09. The van der Waals surface area contributed by atoms with Crippen molar-refractivity contribution in [2.24, 2.45) is 11.4 Å². The van der Waals surface area contributed by atoms with Crippen LogP contribution < -0.4 is 14.7 Å². The molecule has 1 aromatic heterocycles. The van der Waals surface area contributed by atoms with Gasteiger partial charge >= 0.3 is 10.2 Å². The average Bonchev–Trinajstić information content (AvgIpc) is 3.50. The van der Waals surface area contributed by atoms with E-state index in [1.54, 1.807) is 18.7 Å². The van der Waals surface area contributed by atoms with Crippen LogP contribution in [0.25, 0.3) is 0 Å². The summed E-state index contributed by atoms with van der Waals surface area (Å²) in [4.78, 5) is 0. The van der Waals surface area contributed by atoms with Gasteiger partial charge in [-0.05, 0) is 87.5 Å². The van der Waals surface area contributed by atoms with Crippen LogP contribution in [0.5, 0.6) is 0 Å². The van der Waals surface area contributed by atoms with E-state index in [-0.39, 0.29) is 6.04 Å². The fourth-order valence-electron chi connectivity index (χ4n) is 5.73. The molecule has 1 saturated heterocycles. The van der Waals surface area contributed by atoms with E-state index in [1.165, 1.54) is 15.4 Å². The van der Waals surface area contributed by atoms with E-state index >= 15 is 0 Å². The first kappa shape index (κ1) is 23.2. The number of fused-ring (bicyclic) bond motifs is 2. The molecule has 34 heavy (non-hydrogen) atoms. The molecule has 5 rings (SSSR count). The van der Waals surface area contributed by atoms with Gasteiger partial charge in [-0.3, -0.25) is 4.68 Å². The SMILES string of the molecule is Cc1nn(C)c(C)c1N(C1CCOCC1)S(=O)(=O)/N=C(\[O-])Nc1c2c(cc3c1CCC3)CCC2. The van der Waals surface area contributed by atoms with E-state index in [0.29, 0.717) is 43.1 Å². The molecule has 10 heteroatoms. The number of benzene rings is 1. The molecule has 2 aromatic rings. The fraction of sp³-hybridized carbons (Fsp3) is 0.583. The van der Waals surface area contributed by atoms with Crippen molar-refractivity contribution in [3.05, 3.63) is 39.7 Å². The maximum absolute atomic E-state index is 13.6. The van der Waals surface area contributed by atoms with Gasteiger partial charge in [0.25, 0.3) is 0 Å². The van der Waals surface area contributed by atoms with Crippen molar-refractivity contribution in [1.82, 2.24) is 9.78 Å². The summed E-state index contributed by atoms with van der Waals surface area (Å²) in [5.74, 6) is 0. The Morgan fingerprint density at radius 1 is 1.15 bits per heavy atom. The van der Waals surface area contributed by atoms with Crippen molar-refractivity contribution in [3.63, 3.8) is 0 Å². The first-order valence-electron chi connectivity index (χ1n) is 12.1. The average molecular weight is 487 g/mol. The lowest BCUT2D eigenvalue weighted by molar-refractivity contribution is -0.213. The van der Waals surface area contributed by atoms with Gasteiger partial charge in [-0.1, -0.05) is 6.07 Å². The molecule has 1 aromatic carbocycles. The van der Waals surface area contributed by atoms with Crippen molar-refractivity contribution in [2.75, 3.05) is 22.8 Å². The van der Waals surface area contributed by atoms with Crippen molar-refractivity contribution in [3.8, 4) is 0 Å². The first-order valence-corrected chi connectivity index (χ1v) is 13.5. The van der Waals surface area contributed by atoms with Crippen LogP contribution >= 0.6 is 0 Å². The number of nitrogens with zero attached hydrogens (tertiary/aromatic N) is 4. The van der Waals surface area contributed by atoms with Crippen molar-refractivity contribution >= 4 is 27.6 Å². The topological polar surface area (TPSA) is 112 Å². The van der Waals surface area contributed by atoms with Crippen LogP contribution in [0.2, 0.25) is 0 Å². The third kappa shape index (κ3) is 4.07. The molecule has 0 radical (unpaired) electrons. The van der Waals surface area contributed by atoms with Crippen LogP contribution in [-0.2, 0) is 47.7 Å². The Kier molecular flexibility index (Phi) is 6.05. The monoisotopic (exact) mass is 486 g/mol. The van der Waals surface area contributed by atoms with E-state index in [0.717, 1.165) is 55.3 Å². The summed E-state index contributed by atoms with van der Waals surface area (Å²) in [7, 11) is -2.54. The number of nitrogens with one attached hydrogen (secondary N) is 1. The number of ether oxygens (including phenoxy) is 1. The minimum absolute atomic E-state index is 0.345. The van der Waals surface area contributed by atoms with Gasteiger partial charge in [0.1, 0.15) is 0 Å². The fourth-order valence-corrected chi connectivity index (χ4v) is 7.16. The van der Waals surface area contributed by atoms with Gasteiger partial charge in [0, 0.05) is 25.9 Å². The predicted molar refractivity (Wildman–Crippen MR) is 129 cm³/mol. The Morgan fingerprint density at radius 2 is 1.76 bits per heavy atom. The van der Waals surface area contributed by atoms with E-state index in [9.17, 15) is 13.5 Å². The van der Waals surface area contributed by atoms with E-state index in [2.05, 4.69) is 20.9 Å². The first-order chi connectivity index (χ1) is 16.3. The Bertz CT molecular complexity index is 1210. The van der Waals surface area contributed by atoms with Crippen LogP contribution in [0.1, 0.15) is 59.3 Å². The molecule has 0 atom stereocenters. The maximum atomic E-state index is 13.6. The number of hydrogen-bond donors (Lipinski definition) is 1. The van der Waals surface area contributed by atoms with Gasteiger partial charge in [0.15, 0.2) is 0 Å². The lowest BCUT2D eigenvalue weighted by Crippen LogP contribution is -2.44. The quantitative estimate of drug-likeness (QED) is 0.512. The van der Waals surface area contributed by atoms with Gasteiger partial charge in [-0.25, -0.2) is 4.31 Å². The summed E-state index contributed by atoms with van der Waals surface area (Å²) < 4.78 is 39.4. The highest BCUT2D eigenvalue weighted by Gasteiger charge is 2.35. The number of rotatable bonds is 5. The van der Waals surface area contributed by atoms with Gasteiger partial charge in [-0.2, -0.15) is 13.5 Å². The van der Waals surface area contributed by atoms with E-state index < -0.39 is 16.2 Å². The summed E-state index contributed by atoms with van der Waals surface area (Å²) in [5.41, 5.74) is 7.40. The zero-order valence-electron chi connectivity index (χ0n) is 20.1. The largest absolute Gasteiger partial charge is 0.845 e. The molecule has 9 nitrogen and oxygen atoms in total. The third-order valence-electron chi connectivity index (χ3n) is 7.37. The van der Waals surface area contributed by atoms with Gasteiger partial charge in [0.2, 0.25) is 0 Å². The number of aromatic nitrogens is 2. The van der Waals surface area contributed by atoms with Crippen LogP contribution in [0, 0.1) is 13.8 Å². The lowest BCUT2D eigenvalue weighted by Gasteiger charge is -2.34. The predicted octanol–water partition coefficient (Wildman–Crippen LogP) is 2.07. The van der Waals surface area contributed by atoms with Crippen LogP contribution in [-0.4, -0.2) is 43.5 Å². The molecular formula is C24H32N5O4S-. The summed E-state index contributed by atoms with van der Waals surface area (Å²) in [6.45, 7) is 4.53. The van der Waals surface area contributed by atoms with Gasteiger partial charge in [0.05, 0.1) is 29.1 Å². The van der Waals surface area contributed by atoms with Gasteiger partial charge in [-0.15, -0.1) is 4.40 Å². The second kappa shape index (κ2) is 8.88. The molecule has 2 heterocycles. The molecule has 0 saturated carbocycles. The van der Waals surface area contributed by atoms with Crippen LogP contribution in [0.4, 0.5) is 11.4 Å². The molecular weight excluding hydrogens is 454 g/mol. The Hall–Kier alpha value is -2.59. The Morgan fingerprint density at radius 3 is 2.32 bits per heavy atom. The molecule has 2 aliphatic carbocycles. The number of hydrogen-bond acceptors (Lipinski definition) is 5. The third-order valence-corrected chi connectivity index (χ3v) is 8.74. The normalized spacial score (nSPS) is 18.7. The molecule has 1 aliphatic heterocycles. The second-order valence-electron chi connectivity index (χ2n) is 9.52. The highest BCUT2D eigenvalue weighted by atomic mass is 32.2. The maximum Gasteiger partial charge on any atom is 0.345 e. The Labute approximate surface area is 201 Å². The highest BCUT2D eigenvalue weighted by Crippen LogP contribution is 2.39. The Balaban J connectivity index is 1.52. The van der Waals surface area contributed by atoms with E-state index in [1.807, 2.05) is 6.92 Å². The van der Waals surface area contributed by atoms with Crippen LogP contribution in [0.15, 0.2) is 10.5 Å². The molecule has 0 amide bonds. The van der Waals surface area contributed by atoms with Gasteiger partial charge < -0.3 is 15.2 Å². The molecule has 0 spiro atoms. The molecule has 1 N–H and O–H groups in total. The molecule has 184 valence electrons. The second-order valence-corrected chi connectivity index (χ2v) is 11.0. The molecule has 0 unspecified atom stereocenters. The number of amidine groups is 1. The van der Waals surface area contributed by atoms with Crippen LogP contribution in [0.3, 0.4) is 0 Å².